The number of anilines is 2. The monoisotopic (exact) mass is 294 g/mol. The summed E-state index contributed by atoms with van der Waals surface area (Å²) in [6.45, 7) is 0.776. The topological polar surface area (TPSA) is 49.4 Å². The minimum atomic E-state index is -0.0452. The van der Waals surface area contributed by atoms with Crippen LogP contribution in [0.4, 0.5) is 11.4 Å². The van der Waals surface area contributed by atoms with Crippen LogP contribution >= 0.6 is 0 Å². The lowest BCUT2D eigenvalue weighted by Gasteiger charge is -2.16. The highest BCUT2D eigenvalue weighted by Gasteiger charge is 2.21. The summed E-state index contributed by atoms with van der Waals surface area (Å²) >= 11 is 0. The van der Waals surface area contributed by atoms with Crippen molar-refractivity contribution in [2.24, 2.45) is 0 Å². The van der Waals surface area contributed by atoms with Crippen molar-refractivity contribution >= 4 is 23.2 Å². The SMILES string of the molecule is O=C(Cc1ccccc1)Nc1ccc(N2CCCC2=O)cc1. The first-order valence-corrected chi connectivity index (χ1v) is 7.46. The van der Waals surface area contributed by atoms with Crippen LogP contribution in [0, 0.1) is 0 Å². The molecule has 3 rings (SSSR count). The molecule has 112 valence electrons. The molecule has 1 heterocycles. The van der Waals surface area contributed by atoms with Crippen LogP contribution in [0.25, 0.3) is 0 Å². The van der Waals surface area contributed by atoms with Gasteiger partial charge in [-0.05, 0) is 36.2 Å². The van der Waals surface area contributed by atoms with Gasteiger partial charge in [0, 0.05) is 24.3 Å². The number of rotatable bonds is 4. The van der Waals surface area contributed by atoms with Gasteiger partial charge in [0.2, 0.25) is 11.8 Å². The van der Waals surface area contributed by atoms with Crippen LogP contribution in [0.15, 0.2) is 54.6 Å². The minimum Gasteiger partial charge on any atom is -0.326 e. The van der Waals surface area contributed by atoms with Crippen LogP contribution in [0.1, 0.15) is 18.4 Å². The molecule has 0 aliphatic carbocycles. The molecule has 0 unspecified atom stereocenters. The molecule has 22 heavy (non-hydrogen) atoms. The van der Waals surface area contributed by atoms with Gasteiger partial charge in [-0.3, -0.25) is 9.59 Å². The summed E-state index contributed by atoms with van der Waals surface area (Å²) in [5.41, 5.74) is 2.62. The fraction of sp³-hybridized carbons (Fsp3) is 0.222. The van der Waals surface area contributed by atoms with Crippen molar-refractivity contribution in [3.8, 4) is 0 Å². The van der Waals surface area contributed by atoms with E-state index in [9.17, 15) is 9.59 Å². The van der Waals surface area contributed by atoms with Crippen molar-refractivity contribution in [2.75, 3.05) is 16.8 Å². The number of nitrogens with zero attached hydrogens (tertiary/aromatic N) is 1. The normalized spacial score (nSPS) is 14.2. The number of carbonyl (C=O) groups is 2. The van der Waals surface area contributed by atoms with Gasteiger partial charge in [-0.25, -0.2) is 0 Å². The van der Waals surface area contributed by atoms with Crippen molar-refractivity contribution in [1.82, 2.24) is 0 Å². The van der Waals surface area contributed by atoms with Crippen LogP contribution in [-0.4, -0.2) is 18.4 Å². The third-order valence-corrected chi connectivity index (χ3v) is 3.74. The molecule has 4 heteroatoms. The zero-order chi connectivity index (χ0) is 15.4. The second-order valence-corrected chi connectivity index (χ2v) is 5.41. The fourth-order valence-corrected chi connectivity index (χ4v) is 2.63. The molecule has 0 spiro atoms. The number of carbonyl (C=O) groups excluding carboxylic acids is 2. The van der Waals surface area contributed by atoms with E-state index in [0.29, 0.717) is 12.8 Å². The Hall–Kier alpha value is -2.62. The van der Waals surface area contributed by atoms with Gasteiger partial charge in [0.1, 0.15) is 0 Å². The lowest BCUT2D eigenvalue weighted by Crippen LogP contribution is -2.23. The molecule has 0 saturated carbocycles. The Balaban J connectivity index is 1.61. The van der Waals surface area contributed by atoms with Crippen molar-refractivity contribution < 1.29 is 9.59 Å². The summed E-state index contributed by atoms with van der Waals surface area (Å²) in [5.74, 6) is 0.122. The van der Waals surface area contributed by atoms with Gasteiger partial charge in [-0.15, -0.1) is 0 Å². The Kier molecular flexibility index (Phi) is 4.19. The Labute approximate surface area is 129 Å². The van der Waals surface area contributed by atoms with Gasteiger partial charge in [0.15, 0.2) is 0 Å². The second-order valence-electron chi connectivity index (χ2n) is 5.41. The Morgan fingerprint density at radius 2 is 1.77 bits per heavy atom. The highest BCUT2D eigenvalue weighted by molar-refractivity contribution is 5.96. The van der Waals surface area contributed by atoms with E-state index in [4.69, 9.17) is 0 Å². The summed E-state index contributed by atoms with van der Waals surface area (Å²) < 4.78 is 0. The smallest absolute Gasteiger partial charge is 0.228 e. The lowest BCUT2D eigenvalue weighted by atomic mass is 10.1. The highest BCUT2D eigenvalue weighted by Crippen LogP contribution is 2.23. The lowest BCUT2D eigenvalue weighted by molar-refractivity contribution is -0.117. The first-order valence-electron chi connectivity index (χ1n) is 7.46. The third kappa shape index (κ3) is 3.34. The molecule has 1 N–H and O–H groups in total. The predicted molar refractivity (Wildman–Crippen MR) is 86.8 cm³/mol. The van der Waals surface area contributed by atoms with Gasteiger partial charge in [0.05, 0.1) is 6.42 Å². The number of amides is 2. The number of hydrogen-bond acceptors (Lipinski definition) is 2. The van der Waals surface area contributed by atoms with Crippen LogP contribution in [0.5, 0.6) is 0 Å². The Bertz CT molecular complexity index is 665. The van der Waals surface area contributed by atoms with E-state index in [1.54, 1.807) is 4.90 Å². The maximum absolute atomic E-state index is 12.0. The molecule has 2 aromatic carbocycles. The number of hydrogen-bond donors (Lipinski definition) is 1. The van der Waals surface area contributed by atoms with Crippen LogP contribution in [0.2, 0.25) is 0 Å². The maximum atomic E-state index is 12.0. The van der Waals surface area contributed by atoms with Gasteiger partial charge >= 0.3 is 0 Å². The molecule has 1 aliphatic rings. The first kappa shape index (κ1) is 14.3. The summed E-state index contributed by atoms with van der Waals surface area (Å²) in [6, 6.07) is 17.1. The van der Waals surface area contributed by atoms with Gasteiger partial charge in [-0.2, -0.15) is 0 Å². The molecule has 4 nitrogen and oxygen atoms in total. The standard InChI is InChI=1S/C18H18N2O2/c21-17(13-14-5-2-1-3-6-14)19-15-8-10-16(11-9-15)20-12-4-7-18(20)22/h1-3,5-6,8-11H,4,7,12-13H2,(H,19,21). The predicted octanol–water partition coefficient (Wildman–Crippen LogP) is 2.99. The average molecular weight is 294 g/mol. The molecule has 0 radical (unpaired) electrons. The van der Waals surface area contributed by atoms with E-state index in [1.807, 2.05) is 54.6 Å². The zero-order valence-electron chi connectivity index (χ0n) is 12.3. The third-order valence-electron chi connectivity index (χ3n) is 3.74. The van der Waals surface area contributed by atoms with Crippen molar-refractivity contribution in [1.29, 1.82) is 0 Å². The molecule has 0 aromatic heterocycles. The van der Waals surface area contributed by atoms with Crippen LogP contribution in [0.3, 0.4) is 0 Å². The molecular weight excluding hydrogens is 276 g/mol. The molecule has 0 atom stereocenters. The molecule has 2 aromatic rings. The van der Waals surface area contributed by atoms with E-state index >= 15 is 0 Å². The molecule has 1 saturated heterocycles. The van der Waals surface area contributed by atoms with E-state index in [0.717, 1.165) is 29.9 Å². The molecule has 2 amide bonds. The molecule has 1 fully saturated rings. The summed E-state index contributed by atoms with van der Waals surface area (Å²) in [5, 5.41) is 2.88. The van der Waals surface area contributed by atoms with Crippen molar-refractivity contribution in [3.63, 3.8) is 0 Å². The van der Waals surface area contributed by atoms with Gasteiger partial charge in [0.25, 0.3) is 0 Å². The summed E-state index contributed by atoms with van der Waals surface area (Å²) in [6.07, 6.45) is 1.89. The summed E-state index contributed by atoms with van der Waals surface area (Å²) in [7, 11) is 0. The Morgan fingerprint density at radius 1 is 1.05 bits per heavy atom. The van der Waals surface area contributed by atoms with E-state index in [2.05, 4.69) is 5.32 Å². The van der Waals surface area contributed by atoms with Crippen molar-refractivity contribution in [3.05, 3.63) is 60.2 Å². The van der Waals surface area contributed by atoms with Crippen LogP contribution < -0.4 is 10.2 Å². The fourth-order valence-electron chi connectivity index (χ4n) is 2.63. The van der Waals surface area contributed by atoms with E-state index in [-0.39, 0.29) is 11.8 Å². The largest absolute Gasteiger partial charge is 0.326 e. The number of nitrogens with one attached hydrogen (secondary N) is 1. The van der Waals surface area contributed by atoms with Crippen molar-refractivity contribution in [2.45, 2.75) is 19.3 Å². The minimum absolute atomic E-state index is 0.0452. The van der Waals surface area contributed by atoms with Gasteiger partial charge < -0.3 is 10.2 Å². The maximum Gasteiger partial charge on any atom is 0.228 e. The second kappa shape index (κ2) is 6.43. The van der Waals surface area contributed by atoms with E-state index in [1.165, 1.54) is 0 Å². The van der Waals surface area contributed by atoms with Gasteiger partial charge in [-0.1, -0.05) is 30.3 Å². The van der Waals surface area contributed by atoms with Crippen LogP contribution in [-0.2, 0) is 16.0 Å². The highest BCUT2D eigenvalue weighted by atomic mass is 16.2. The van der Waals surface area contributed by atoms with E-state index < -0.39 is 0 Å². The molecular formula is C18H18N2O2. The Morgan fingerprint density at radius 3 is 2.41 bits per heavy atom. The average Bonchev–Trinajstić information content (AvgIpc) is 2.95. The quantitative estimate of drug-likeness (QED) is 0.942. The zero-order valence-corrected chi connectivity index (χ0v) is 12.3. The number of benzene rings is 2. The molecule has 0 bridgehead atoms. The molecule has 1 aliphatic heterocycles. The first-order chi connectivity index (χ1) is 10.7. The summed E-state index contributed by atoms with van der Waals surface area (Å²) in [4.78, 5) is 25.5.